The van der Waals surface area contributed by atoms with Crippen LogP contribution in [0.5, 0.6) is 0 Å². The molecule has 0 unspecified atom stereocenters. The Kier molecular flexibility index (Phi) is 3.61. The first-order chi connectivity index (χ1) is 8.16. The first-order valence-corrected chi connectivity index (χ1v) is 6.94. The fraction of sp³-hybridized carbons (Fsp3) is 0.333. The molecule has 0 saturated carbocycles. The van der Waals surface area contributed by atoms with Crippen molar-refractivity contribution in [1.82, 2.24) is 4.31 Å². The largest absolute Gasteiger partial charge is 0.392 e. The summed E-state index contributed by atoms with van der Waals surface area (Å²) in [7, 11) is -3.48. The maximum Gasteiger partial charge on any atom is 0.243 e. The molecule has 0 amide bonds. The smallest absolute Gasteiger partial charge is 0.243 e. The van der Waals surface area contributed by atoms with Crippen LogP contribution in [0.3, 0.4) is 0 Å². The SMILES string of the molecule is O=S(=O)(c1ccccc1CO)N1CC=CCC1. The number of hydrogen-bond acceptors (Lipinski definition) is 3. The summed E-state index contributed by atoms with van der Waals surface area (Å²) in [5, 5.41) is 9.18. The van der Waals surface area contributed by atoms with Gasteiger partial charge in [-0.2, -0.15) is 4.31 Å². The van der Waals surface area contributed by atoms with Crippen LogP contribution < -0.4 is 0 Å². The lowest BCUT2D eigenvalue weighted by molar-refractivity contribution is 0.278. The number of hydrogen-bond donors (Lipinski definition) is 1. The molecule has 1 aliphatic rings. The molecule has 4 nitrogen and oxygen atoms in total. The maximum absolute atomic E-state index is 12.3. The Hall–Kier alpha value is -1.17. The third-order valence-electron chi connectivity index (χ3n) is 2.78. The lowest BCUT2D eigenvalue weighted by atomic mass is 10.2. The molecule has 1 aromatic rings. The molecule has 1 aromatic carbocycles. The molecule has 5 heteroatoms. The van der Waals surface area contributed by atoms with Crippen molar-refractivity contribution >= 4 is 10.0 Å². The molecule has 92 valence electrons. The molecule has 0 saturated heterocycles. The van der Waals surface area contributed by atoms with Crippen molar-refractivity contribution in [3.63, 3.8) is 0 Å². The molecule has 2 rings (SSSR count). The summed E-state index contributed by atoms with van der Waals surface area (Å²) in [6.07, 6.45) is 4.56. The molecule has 17 heavy (non-hydrogen) atoms. The number of nitrogens with zero attached hydrogens (tertiary/aromatic N) is 1. The van der Waals surface area contributed by atoms with Gasteiger partial charge in [-0.3, -0.25) is 0 Å². The van der Waals surface area contributed by atoms with E-state index in [1.807, 2.05) is 12.2 Å². The molecular weight excluding hydrogens is 238 g/mol. The monoisotopic (exact) mass is 253 g/mol. The summed E-state index contributed by atoms with van der Waals surface area (Å²) in [5.74, 6) is 0. The van der Waals surface area contributed by atoms with Crippen molar-refractivity contribution < 1.29 is 13.5 Å². The summed E-state index contributed by atoms with van der Waals surface area (Å²) in [6, 6.07) is 6.57. The standard InChI is InChI=1S/C12H15NO3S/c14-10-11-6-2-3-7-12(11)17(15,16)13-8-4-1-5-9-13/h1-4,6-7,14H,5,8-10H2. The second-order valence-electron chi connectivity index (χ2n) is 3.89. The first kappa shape index (κ1) is 12.3. The van der Waals surface area contributed by atoms with Crippen molar-refractivity contribution in [3.05, 3.63) is 42.0 Å². The molecule has 1 N–H and O–H groups in total. The molecule has 1 heterocycles. The lowest BCUT2D eigenvalue weighted by Gasteiger charge is -2.23. The van der Waals surface area contributed by atoms with Crippen molar-refractivity contribution in [2.45, 2.75) is 17.9 Å². The van der Waals surface area contributed by atoms with E-state index in [1.54, 1.807) is 24.3 Å². The third kappa shape index (κ3) is 2.41. The van der Waals surface area contributed by atoms with Gasteiger partial charge in [0.2, 0.25) is 10.0 Å². The molecule has 0 atom stereocenters. The molecule has 0 spiro atoms. The highest BCUT2D eigenvalue weighted by molar-refractivity contribution is 7.89. The zero-order valence-electron chi connectivity index (χ0n) is 9.41. The van der Waals surface area contributed by atoms with Gasteiger partial charge in [0.15, 0.2) is 0 Å². The summed E-state index contributed by atoms with van der Waals surface area (Å²) >= 11 is 0. The van der Waals surface area contributed by atoms with Crippen LogP contribution in [-0.4, -0.2) is 30.9 Å². The highest BCUT2D eigenvalue weighted by Gasteiger charge is 2.26. The fourth-order valence-electron chi connectivity index (χ4n) is 1.86. The predicted molar refractivity (Wildman–Crippen MR) is 64.9 cm³/mol. The fourth-order valence-corrected chi connectivity index (χ4v) is 3.48. The van der Waals surface area contributed by atoms with Crippen LogP contribution in [0.2, 0.25) is 0 Å². The second-order valence-corrected chi connectivity index (χ2v) is 5.80. The van der Waals surface area contributed by atoms with E-state index in [0.29, 0.717) is 18.7 Å². The number of benzene rings is 1. The average molecular weight is 253 g/mol. The van der Waals surface area contributed by atoms with Gasteiger partial charge in [0.05, 0.1) is 11.5 Å². The van der Waals surface area contributed by atoms with E-state index in [2.05, 4.69) is 0 Å². The minimum atomic E-state index is -3.48. The van der Waals surface area contributed by atoms with Crippen molar-refractivity contribution in [3.8, 4) is 0 Å². The van der Waals surface area contributed by atoms with Crippen molar-refractivity contribution in [2.75, 3.05) is 13.1 Å². The number of sulfonamides is 1. The van der Waals surface area contributed by atoms with E-state index < -0.39 is 10.0 Å². The van der Waals surface area contributed by atoms with Gasteiger partial charge >= 0.3 is 0 Å². The van der Waals surface area contributed by atoms with Gasteiger partial charge in [-0.1, -0.05) is 30.4 Å². The molecule has 0 aromatic heterocycles. The molecule has 0 fully saturated rings. The van der Waals surface area contributed by atoms with Crippen molar-refractivity contribution in [2.24, 2.45) is 0 Å². The minimum absolute atomic E-state index is 0.206. The molecule has 0 radical (unpaired) electrons. The molecule has 0 aliphatic carbocycles. The van der Waals surface area contributed by atoms with E-state index in [9.17, 15) is 13.5 Å². The Morgan fingerprint density at radius 3 is 2.65 bits per heavy atom. The van der Waals surface area contributed by atoms with Gasteiger partial charge in [-0.25, -0.2) is 8.42 Å². The summed E-state index contributed by atoms with van der Waals surface area (Å²) < 4.78 is 26.1. The van der Waals surface area contributed by atoms with Crippen LogP contribution in [0.1, 0.15) is 12.0 Å². The van der Waals surface area contributed by atoms with Crippen LogP contribution in [0.25, 0.3) is 0 Å². The number of aliphatic hydroxyl groups is 1. The highest BCUT2D eigenvalue weighted by Crippen LogP contribution is 2.21. The first-order valence-electron chi connectivity index (χ1n) is 5.50. The van der Waals surface area contributed by atoms with Gasteiger partial charge < -0.3 is 5.11 Å². The van der Waals surface area contributed by atoms with Crippen LogP contribution in [0.4, 0.5) is 0 Å². The normalized spacial score (nSPS) is 17.2. The Labute approximate surface area is 101 Å². The molecular formula is C12H15NO3S. The van der Waals surface area contributed by atoms with E-state index >= 15 is 0 Å². The van der Waals surface area contributed by atoms with Crippen LogP contribution >= 0.6 is 0 Å². The van der Waals surface area contributed by atoms with Gasteiger partial charge in [-0.05, 0) is 18.1 Å². The quantitative estimate of drug-likeness (QED) is 0.822. The van der Waals surface area contributed by atoms with Gasteiger partial charge in [0.1, 0.15) is 0 Å². The Morgan fingerprint density at radius 1 is 1.24 bits per heavy atom. The van der Waals surface area contributed by atoms with Gasteiger partial charge in [0.25, 0.3) is 0 Å². The Bertz CT molecular complexity index is 522. The number of rotatable bonds is 3. The maximum atomic E-state index is 12.3. The highest BCUT2D eigenvalue weighted by atomic mass is 32.2. The van der Waals surface area contributed by atoms with E-state index in [4.69, 9.17) is 0 Å². The van der Waals surface area contributed by atoms with Crippen LogP contribution in [-0.2, 0) is 16.6 Å². The van der Waals surface area contributed by atoms with Crippen LogP contribution in [0.15, 0.2) is 41.3 Å². The minimum Gasteiger partial charge on any atom is -0.392 e. The summed E-state index contributed by atoms with van der Waals surface area (Å²) in [6.45, 7) is 0.639. The zero-order chi connectivity index (χ0) is 12.3. The van der Waals surface area contributed by atoms with E-state index in [0.717, 1.165) is 6.42 Å². The van der Waals surface area contributed by atoms with E-state index in [1.165, 1.54) is 4.31 Å². The van der Waals surface area contributed by atoms with Crippen molar-refractivity contribution in [1.29, 1.82) is 0 Å². The van der Waals surface area contributed by atoms with Gasteiger partial charge in [-0.15, -0.1) is 0 Å². The zero-order valence-corrected chi connectivity index (χ0v) is 10.2. The topological polar surface area (TPSA) is 57.6 Å². The van der Waals surface area contributed by atoms with Gasteiger partial charge in [0, 0.05) is 13.1 Å². The Balaban J connectivity index is 2.40. The predicted octanol–water partition coefficient (Wildman–Crippen LogP) is 1.13. The lowest BCUT2D eigenvalue weighted by Crippen LogP contribution is -2.34. The Morgan fingerprint density at radius 2 is 2.00 bits per heavy atom. The molecule has 1 aliphatic heterocycles. The third-order valence-corrected chi connectivity index (χ3v) is 4.75. The van der Waals surface area contributed by atoms with Crippen LogP contribution in [0, 0.1) is 0 Å². The second kappa shape index (κ2) is 5.00. The summed E-state index contributed by atoms with van der Waals surface area (Å²) in [4.78, 5) is 0.206. The molecule has 0 bridgehead atoms. The summed E-state index contributed by atoms with van der Waals surface area (Å²) in [5.41, 5.74) is 0.446. The average Bonchev–Trinajstić information content (AvgIpc) is 2.39. The number of aliphatic hydroxyl groups excluding tert-OH is 1. The van der Waals surface area contributed by atoms with E-state index in [-0.39, 0.29) is 11.5 Å².